The lowest BCUT2D eigenvalue weighted by atomic mass is 10.1. The van der Waals surface area contributed by atoms with E-state index in [2.05, 4.69) is 4.72 Å². The predicted molar refractivity (Wildman–Crippen MR) is 103 cm³/mol. The van der Waals surface area contributed by atoms with Gasteiger partial charge in [-0.2, -0.15) is 0 Å². The molecule has 0 radical (unpaired) electrons. The quantitative estimate of drug-likeness (QED) is 0.707. The van der Waals surface area contributed by atoms with E-state index in [1.807, 2.05) is 29.6 Å². The fourth-order valence-corrected chi connectivity index (χ4v) is 4.31. The van der Waals surface area contributed by atoms with Crippen LogP contribution in [0.3, 0.4) is 0 Å². The maximum absolute atomic E-state index is 12.2. The van der Waals surface area contributed by atoms with Gasteiger partial charge in [-0.3, -0.25) is 4.79 Å². The fourth-order valence-electron chi connectivity index (χ4n) is 2.39. The Kier molecular flexibility index (Phi) is 4.94. The van der Waals surface area contributed by atoms with Gasteiger partial charge in [0, 0.05) is 15.3 Å². The minimum Gasteiger partial charge on any atom is -0.268 e. The van der Waals surface area contributed by atoms with E-state index >= 15 is 0 Å². The van der Waals surface area contributed by atoms with Crippen LogP contribution in [0.15, 0.2) is 53.3 Å². The van der Waals surface area contributed by atoms with Crippen molar-refractivity contribution in [3.63, 3.8) is 0 Å². The summed E-state index contributed by atoms with van der Waals surface area (Å²) in [6.07, 6.45) is 1.49. The third-order valence-electron chi connectivity index (χ3n) is 3.61. The van der Waals surface area contributed by atoms with Gasteiger partial charge in [0.15, 0.2) is 0 Å². The largest absolute Gasteiger partial charge is 0.268 e. The molecule has 0 saturated carbocycles. The molecule has 2 aromatic carbocycles. The molecule has 128 valence electrons. The fraction of sp³-hybridized carbons (Fsp3) is 0.0556. The normalized spacial score (nSPS) is 11.9. The molecule has 3 aromatic rings. The summed E-state index contributed by atoms with van der Waals surface area (Å²) in [5.41, 5.74) is 1.66. The zero-order chi connectivity index (χ0) is 18.0. The van der Waals surface area contributed by atoms with Crippen LogP contribution in [0, 0.1) is 6.92 Å². The third-order valence-corrected chi connectivity index (χ3v) is 5.79. The van der Waals surface area contributed by atoms with Crippen molar-refractivity contribution >= 4 is 55.0 Å². The number of nitrogens with one attached hydrogen (secondary N) is 1. The van der Waals surface area contributed by atoms with Gasteiger partial charge in [-0.25, -0.2) is 13.1 Å². The van der Waals surface area contributed by atoms with Crippen LogP contribution in [0.4, 0.5) is 0 Å². The molecule has 0 bridgehead atoms. The smallest absolute Gasteiger partial charge is 0.265 e. The summed E-state index contributed by atoms with van der Waals surface area (Å²) in [6.45, 7) is 1.70. The van der Waals surface area contributed by atoms with Crippen molar-refractivity contribution < 1.29 is 13.2 Å². The number of fused-ring (bicyclic) bond motifs is 1. The maximum atomic E-state index is 12.2. The van der Waals surface area contributed by atoms with Crippen LogP contribution in [0.5, 0.6) is 0 Å². The van der Waals surface area contributed by atoms with Crippen LogP contribution < -0.4 is 4.72 Å². The number of hydrogen-bond donors (Lipinski definition) is 1. The first kappa shape index (κ1) is 17.7. The van der Waals surface area contributed by atoms with Gasteiger partial charge in [-0.15, -0.1) is 11.3 Å². The lowest BCUT2D eigenvalue weighted by Crippen LogP contribution is -2.29. The molecule has 0 saturated heterocycles. The van der Waals surface area contributed by atoms with E-state index in [-0.39, 0.29) is 5.56 Å². The molecule has 1 N–H and O–H groups in total. The molecule has 1 aromatic heterocycles. The van der Waals surface area contributed by atoms with Gasteiger partial charge in [0.1, 0.15) is 0 Å². The molecular formula is C18H14ClNO3S2. The molecule has 3 rings (SSSR count). The number of rotatable bonds is 4. The van der Waals surface area contributed by atoms with Crippen molar-refractivity contribution in [2.75, 3.05) is 0 Å². The van der Waals surface area contributed by atoms with Crippen LogP contribution in [0.2, 0.25) is 5.02 Å². The minimum absolute atomic E-state index is 0.266. The Morgan fingerprint density at radius 1 is 1.20 bits per heavy atom. The third kappa shape index (κ3) is 4.10. The highest BCUT2D eigenvalue weighted by Gasteiger charge is 2.15. The molecule has 0 aliphatic rings. The number of sulfonamides is 1. The Hall–Kier alpha value is -2.15. The second-order valence-corrected chi connectivity index (χ2v) is 8.34. The molecule has 0 aliphatic heterocycles. The topological polar surface area (TPSA) is 63.2 Å². The summed E-state index contributed by atoms with van der Waals surface area (Å²) in [5.74, 6) is -0.686. The molecule has 4 nitrogen and oxygen atoms in total. The van der Waals surface area contributed by atoms with Gasteiger partial charge in [0.25, 0.3) is 15.9 Å². The number of thiophene rings is 1. The molecule has 1 heterocycles. The molecule has 25 heavy (non-hydrogen) atoms. The SMILES string of the molecule is Cc1cc(Cl)ccc1C(=O)NS(=O)(=O)/C=C/c1csc2ccccc12. The van der Waals surface area contributed by atoms with Gasteiger partial charge >= 0.3 is 0 Å². The summed E-state index contributed by atoms with van der Waals surface area (Å²) in [4.78, 5) is 12.2. The van der Waals surface area contributed by atoms with E-state index < -0.39 is 15.9 Å². The molecule has 0 unspecified atom stereocenters. The standard InChI is InChI=1S/C18H14ClNO3S2/c1-12-10-14(19)6-7-15(12)18(21)20-25(22,23)9-8-13-11-24-17-5-3-2-4-16(13)17/h2-11H,1H3,(H,20,21)/b9-8+. The highest BCUT2D eigenvalue weighted by Crippen LogP contribution is 2.26. The zero-order valence-electron chi connectivity index (χ0n) is 13.2. The predicted octanol–water partition coefficient (Wildman–Crippen LogP) is 4.59. The molecule has 7 heteroatoms. The van der Waals surface area contributed by atoms with Crippen LogP contribution >= 0.6 is 22.9 Å². The summed E-state index contributed by atoms with van der Waals surface area (Å²) >= 11 is 7.38. The van der Waals surface area contributed by atoms with E-state index in [1.165, 1.54) is 23.5 Å². The highest BCUT2D eigenvalue weighted by molar-refractivity contribution is 7.93. The first-order valence-electron chi connectivity index (χ1n) is 7.33. The van der Waals surface area contributed by atoms with Crippen molar-refractivity contribution in [1.29, 1.82) is 0 Å². The summed E-state index contributed by atoms with van der Waals surface area (Å²) in [6, 6.07) is 12.4. The van der Waals surface area contributed by atoms with Crippen molar-refractivity contribution in [3.05, 3.63) is 75.0 Å². The average molecular weight is 392 g/mol. The van der Waals surface area contributed by atoms with Crippen LogP contribution in [0.25, 0.3) is 16.2 Å². The van der Waals surface area contributed by atoms with Gasteiger partial charge in [-0.05, 0) is 59.2 Å². The van der Waals surface area contributed by atoms with E-state index in [0.29, 0.717) is 10.6 Å². The van der Waals surface area contributed by atoms with Crippen LogP contribution in [0.1, 0.15) is 21.5 Å². The molecule has 0 aliphatic carbocycles. The number of aryl methyl sites for hydroxylation is 1. The average Bonchev–Trinajstić information content (AvgIpc) is 2.95. The Balaban J connectivity index is 1.81. The van der Waals surface area contributed by atoms with E-state index in [1.54, 1.807) is 19.1 Å². The monoisotopic (exact) mass is 391 g/mol. The lowest BCUT2D eigenvalue weighted by molar-refractivity contribution is 0.0981. The van der Waals surface area contributed by atoms with Crippen molar-refractivity contribution in [1.82, 2.24) is 4.72 Å². The van der Waals surface area contributed by atoms with Gasteiger partial charge < -0.3 is 0 Å². The highest BCUT2D eigenvalue weighted by atomic mass is 35.5. The number of carbonyl (C=O) groups is 1. The maximum Gasteiger partial charge on any atom is 0.265 e. The Morgan fingerprint density at radius 3 is 2.72 bits per heavy atom. The van der Waals surface area contributed by atoms with Gasteiger partial charge in [0.2, 0.25) is 0 Å². The number of amides is 1. The van der Waals surface area contributed by atoms with Crippen LogP contribution in [-0.2, 0) is 10.0 Å². The first-order valence-corrected chi connectivity index (χ1v) is 10.1. The van der Waals surface area contributed by atoms with Gasteiger partial charge in [0.05, 0.1) is 5.41 Å². The van der Waals surface area contributed by atoms with Crippen molar-refractivity contribution in [2.24, 2.45) is 0 Å². The van der Waals surface area contributed by atoms with Crippen LogP contribution in [-0.4, -0.2) is 14.3 Å². The number of hydrogen-bond acceptors (Lipinski definition) is 4. The summed E-state index contributed by atoms with van der Waals surface area (Å²) < 4.78 is 27.5. The molecule has 1 amide bonds. The van der Waals surface area contributed by atoms with E-state index in [4.69, 9.17) is 11.6 Å². The van der Waals surface area contributed by atoms with E-state index in [9.17, 15) is 13.2 Å². The number of halogens is 1. The number of carbonyl (C=O) groups excluding carboxylic acids is 1. The zero-order valence-corrected chi connectivity index (χ0v) is 15.6. The number of benzene rings is 2. The van der Waals surface area contributed by atoms with Crippen molar-refractivity contribution in [3.8, 4) is 0 Å². The Bertz CT molecular complexity index is 1080. The second kappa shape index (κ2) is 7.00. The molecule has 0 fully saturated rings. The Labute approximate surface area is 154 Å². The molecule has 0 spiro atoms. The summed E-state index contributed by atoms with van der Waals surface area (Å²) in [7, 11) is -3.91. The minimum atomic E-state index is -3.91. The van der Waals surface area contributed by atoms with Crippen molar-refractivity contribution in [2.45, 2.75) is 6.92 Å². The van der Waals surface area contributed by atoms with E-state index in [0.717, 1.165) is 21.1 Å². The lowest BCUT2D eigenvalue weighted by Gasteiger charge is -2.06. The summed E-state index contributed by atoms with van der Waals surface area (Å²) in [5, 5.41) is 4.34. The molecule has 0 atom stereocenters. The Morgan fingerprint density at radius 2 is 1.96 bits per heavy atom. The molecular weight excluding hydrogens is 378 g/mol. The second-order valence-electron chi connectivity index (χ2n) is 5.43. The first-order chi connectivity index (χ1) is 11.9. The van der Waals surface area contributed by atoms with Gasteiger partial charge in [-0.1, -0.05) is 29.8 Å².